The summed E-state index contributed by atoms with van der Waals surface area (Å²) >= 11 is 0. The second-order valence-electron chi connectivity index (χ2n) is 13.6. The molecule has 16 nitrogen and oxygen atoms in total. The molecule has 3 aromatic rings. The highest BCUT2D eigenvalue weighted by Gasteiger charge is 2.60. The molecule has 4 rings (SSSR count). The number of nitrogens with zero attached hydrogens (tertiary/aromatic N) is 3. The van der Waals surface area contributed by atoms with Crippen molar-refractivity contribution < 1.29 is 41.8 Å². The number of amides is 4. The van der Waals surface area contributed by atoms with E-state index in [4.69, 9.17) is 14.2 Å². The van der Waals surface area contributed by atoms with Crippen molar-refractivity contribution in [3.05, 3.63) is 67.8 Å². The van der Waals surface area contributed by atoms with Crippen molar-refractivity contribution >= 4 is 44.6 Å². The summed E-state index contributed by atoms with van der Waals surface area (Å²) in [6.07, 6.45) is 2.51. The van der Waals surface area contributed by atoms with Crippen LogP contribution in [-0.2, 0) is 36.2 Å². The molecule has 4 amide bonds. The zero-order valence-corrected chi connectivity index (χ0v) is 30.8. The third kappa shape index (κ3) is 9.86. The molecule has 1 aromatic carbocycles. The molecule has 4 N–H and O–H groups in total. The lowest BCUT2D eigenvalue weighted by molar-refractivity contribution is -0.129. The Morgan fingerprint density at radius 1 is 1.17 bits per heavy atom. The van der Waals surface area contributed by atoms with Crippen molar-refractivity contribution in [1.82, 2.24) is 35.2 Å². The van der Waals surface area contributed by atoms with Crippen molar-refractivity contribution in [3.63, 3.8) is 0 Å². The van der Waals surface area contributed by atoms with E-state index in [2.05, 4.69) is 39.1 Å². The minimum atomic E-state index is -4.31. The number of methoxy groups -OCH3 is 1. The first-order valence-corrected chi connectivity index (χ1v) is 17.9. The minimum Gasteiger partial charge on any atom is -0.497 e. The quantitative estimate of drug-likeness (QED) is 0.157. The van der Waals surface area contributed by atoms with Crippen molar-refractivity contribution in [2.24, 2.45) is 13.0 Å². The molecule has 1 fully saturated rings. The van der Waals surface area contributed by atoms with E-state index in [1.807, 2.05) is 4.72 Å². The number of hydrogen-bond acceptors (Lipinski definition) is 11. The molecule has 280 valence electrons. The maximum atomic E-state index is 13.4. The number of imidazole rings is 1. The zero-order valence-electron chi connectivity index (χ0n) is 30.0. The lowest BCUT2D eigenvalue weighted by Crippen LogP contribution is -2.52. The third-order valence-corrected chi connectivity index (χ3v) is 9.26. The number of ether oxygens (including phenoxy) is 3. The molecule has 1 aliphatic rings. The van der Waals surface area contributed by atoms with Gasteiger partial charge in [-0.05, 0) is 75.8 Å². The van der Waals surface area contributed by atoms with Gasteiger partial charge in [0.05, 0.1) is 20.0 Å². The molecular weight excluding hydrogens is 694 g/mol. The first kappa shape index (κ1) is 39.3. The van der Waals surface area contributed by atoms with E-state index in [-0.39, 0.29) is 42.3 Å². The van der Waals surface area contributed by atoms with Crippen LogP contribution in [0.3, 0.4) is 0 Å². The van der Waals surface area contributed by atoms with E-state index in [9.17, 15) is 27.6 Å². The molecule has 17 heteroatoms. The Bertz CT molecular complexity index is 1970. The highest BCUT2D eigenvalue weighted by atomic mass is 32.2. The van der Waals surface area contributed by atoms with Gasteiger partial charge < -0.3 is 34.7 Å². The van der Waals surface area contributed by atoms with E-state index >= 15 is 0 Å². The number of alkyl carbamates (subject to hydrolysis) is 1. The fourth-order valence-corrected chi connectivity index (χ4v) is 6.29. The summed E-state index contributed by atoms with van der Waals surface area (Å²) < 4.78 is 46.0. The summed E-state index contributed by atoms with van der Waals surface area (Å²) in [5, 5.41) is 9.10. The number of aromatic nitrogens is 3. The standard InChI is InChI=1S/C35H45N7O9S/c1-9-23-17-35(23,32(45)41-52(47,48)28-19-42(7)20-38-28)39-27(43)13-11-25(50-31-26-12-10-24(49-8)16-22(26)14-15-36-31)18-37-30(44)29(21(2)3)51-33(46)40-34(4,5)6/h9-10,12,14-16,19-20,23,25,29H,1-2,11,13,17-18H2,3-8H3,(H,37,44)(H,39,43)(H,40,46)(H,41,45)/t23-,25-,29+,35-/m1/s1. The van der Waals surface area contributed by atoms with Gasteiger partial charge in [-0.15, -0.1) is 6.58 Å². The van der Waals surface area contributed by atoms with E-state index in [0.29, 0.717) is 11.1 Å². The van der Waals surface area contributed by atoms with Gasteiger partial charge in [0.2, 0.25) is 17.9 Å². The second-order valence-corrected chi connectivity index (χ2v) is 15.2. The number of sulfonamides is 1. The largest absolute Gasteiger partial charge is 0.497 e. The molecular formula is C35H45N7O9S. The molecule has 1 aliphatic carbocycles. The molecule has 0 bridgehead atoms. The Labute approximate surface area is 302 Å². The molecule has 0 saturated heterocycles. The molecule has 0 unspecified atom stereocenters. The van der Waals surface area contributed by atoms with E-state index in [0.717, 1.165) is 5.39 Å². The fourth-order valence-electron chi connectivity index (χ4n) is 5.27. The normalized spacial score (nSPS) is 17.9. The molecule has 0 spiro atoms. The monoisotopic (exact) mass is 739 g/mol. The van der Waals surface area contributed by atoms with Gasteiger partial charge in [-0.3, -0.25) is 14.4 Å². The molecule has 52 heavy (non-hydrogen) atoms. The summed E-state index contributed by atoms with van der Waals surface area (Å²) in [4.78, 5) is 60.6. The maximum absolute atomic E-state index is 13.4. The Morgan fingerprint density at radius 3 is 2.50 bits per heavy atom. The average molecular weight is 740 g/mol. The summed E-state index contributed by atoms with van der Waals surface area (Å²) in [5.74, 6) is -1.84. The predicted molar refractivity (Wildman–Crippen MR) is 191 cm³/mol. The molecule has 2 aromatic heterocycles. The highest BCUT2D eigenvalue weighted by molar-refractivity contribution is 7.90. The van der Waals surface area contributed by atoms with Crippen molar-refractivity contribution in [1.29, 1.82) is 0 Å². The van der Waals surface area contributed by atoms with Crippen LogP contribution in [0.4, 0.5) is 4.79 Å². The van der Waals surface area contributed by atoms with Gasteiger partial charge in [0.1, 0.15) is 17.4 Å². The lowest BCUT2D eigenvalue weighted by atomic mass is 10.1. The summed E-state index contributed by atoms with van der Waals surface area (Å²) in [6.45, 7) is 14.2. The van der Waals surface area contributed by atoms with E-state index in [1.54, 1.807) is 72.3 Å². The first-order chi connectivity index (χ1) is 24.4. The van der Waals surface area contributed by atoms with Gasteiger partial charge >= 0.3 is 6.09 Å². The Morgan fingerprint density at radius 2 is 1.90 bits per heavy atom. The van der Waals surface area contributed by atoms with Gasteiger partial charge in [0.25, 0.3) is 21.8 Å². The Kier molecular flexibility index (Phi) is 12.0. The van der Waals surface area contributed by atoms with Crippen LogP contribution in [0.15, 0.2) is 72.8 Å². The summed E-state index contributed by atoms with van der Waals surface area (Å²) in [7, 11) is -1.18. The van der Waals surface area contributed by atoms with Crippen LogP contribution < -0.4 is 30.1 Å². The fraction of sp³-hybridized carbons (Fsp3) is 0.429. The number of carbonyl (C=O) groups is 4. The number of carbonyl (C=O) groups excluding carboxylic acids is 4. The number of fused-ring (bicyclic) bond motifs is 1. The van der Waals surface area contributed by atoms with Gasteiger partial charge in [0, 0.05) is 42.7 Å². The van der Waals surface area contributed by atoms with Crippen LogP contribution in [0.2, 0.25) is 0 Å². The van der Waals surface area contributed by atoms with Crippen LogP contribution in [0.1, 0.15) is 47.0 Å². The number of benzene rings is 1. The highest BCUT2D eigenvalue weighted by Crippen LogP contribution is 2.45. The second kappa shape index (κ2) is 15.8. The average Bonchev–Trinajstić information content (AvgIpc) is 3.60. The lowest BCUT2D eigenvalue weighted by Gasteiger charge is -2.25. The van der Waals surface area contributed by atoms with Crippen LogP contribution >= 0.6 is 0 Å². The molecule has 0 aliphatic heterocycles. The third-order valence-electron chi connectivity index (χ3n) is 8.05. The Balaban J connectivity index is 1.50. The maximum Gasteiger partial charge on any atom is 0.408 e. The molecule has 4 atom stereocenters. The predicted octanol–water partition coefficient (Wildman–Crippen LogP) is 2.66. The smallest absolute Gasteiger partial charge is 0.408 e. The first-order valence-electron chi connectivity index (χ1n) is 16.4. The summed E-state index contributed by atoms with van der Waals surface area (Å²) in [6, 6.07) is 7.08. The van der Waals surface area contributed by atoms with Crippen molar-refractivity contribution in [2.75, 3.05) is 13.7 Å². The summed E-state index contributed by atoms with van der Waals surface area (Å²) in [5.41, 5.74) is -1.87. The van der Waals surface area contributed by atoms with Gasteiger partial charge in [0.15, 0.2) is 5.03 Å². The SMILES string of the molecule is C=C[C@@H]1C[C@]1(NC(=O)CC[C@H](CNC(=O)[C@@H](OC(=O)NC(C)(C)C)C(=C)C)Oc1nccc2cc(OC)ccc12)C(=O)NS(=O)(=O)c1cn(C)cn1. The van der Waals surface area contributed by atoms with E-state index < -0.39 is 63.0 Å². The molecule has 2 heterocycles. The van der Waals surface area contributed by atoms with Crippen LogP contribution in [0.5, 0.6) is 11.6 Å². The van der Waals surface area contributed by atoms with Gasteiger partial charge in [-0.1, -0.05) is 12.7 Å². The molecule has 0 radical (unpaired) electrons. The van der Waals surface area contributed by atoms with Crippen molar-refractivity contribution in [2.45, 2.75) is 75.3 Å². The topological polar surface area (TPSA) is 209 Å². The van der Waals surface area contributed by atoms with E-state index in [1.165, 1.54) is 23.2 Å². The minimum absolute atomic E-state index is 0.0200. The van der Waals surface area contributed by atoms with Gasteiger partial charge in [-0.25, -0.2) is 19.5 Å². The number of aryl methyl sites for hydroxylation is 1. The number of nitrogens with one attached hydrogen (secondary N) is 4. The van der Waals surface area contributed by atoms with Gasteiger partial charge in [-0.2, -0.15) is 8.42 Å². The van der Waals surface area contributed by atoms with Crippen LogP contribution in [0.25, 0.3) is 10.8 Å². The van der Waals surface area contributed by atoms with Crippen LogP contribution in [0, 0.1) is 5.92 Å². The Hall–Kier alpha value is -5.45. The number of rotatable bonds is 16. The number of hydrogen-bond donors (Lipinski definition) is 4. The van der Waals surface area contributed by atoms with Crippen molar-refractivity contribution in [3.8, 4) is 11.6 Å². The zero-order chi connectivity index (χ0) is 38.4. The molecule has 1 saturated carbocycles. The van der Waals surface area contributed by atoms with Crippen LogP contribution in [-0.4, -0.2) is 83.7 Å². The number of pyridine rings is 1.